The largest absolute Gasteiger partial charge is 0.407 e. The molecule has 5 rings (SSSR count). The summed E-state index contributed by atoms with van der Waals surface area (Å²) in [6.07, 6.45) is -2.73. The maximum Gasteiger partial charge on any atom is 0.201 e. The third-order valence-corrected chi connectivity index (χ3v) is 15.9. The van der Waals surface area contributed by atoms with Crippen molar-refractivity contribution in [3.63, 3.8) is 0 Å². The lowest BCUT2D eigenvalue weighted by molar-refractivity contribution is -0.189. The summed E-state index contributed by atoms with van der Waals surface area (Å²) < 4.78 is 16.1. The Kier molecular flexibility index (Phi) is 8.75. The minimum atomic E-state index is -2.42. The second kappa shape index (κ2) is 11.7. The van der Waals surface area contributed by atoms with E-state index in [9.17, 15) is 10.2 Å². The van der Waals surface area contributed by atoms with Gasteiger partial charge >= 0.3 is 0 Å². The second-order valence-electron chi connectivity index (χ2n) is 12.1. The van der Waals surface area contributed by atoms with E-state index in [1.807, 2.05) is 30.3 Å². The van der Waals surface area contributed by atoms with Crippen LogP contribution in [-0.4, -0.2) is 53.4 Å². The van der Waals surface area contributed by atoms with Gasteiger partial charge < -0.3 is 29.3 Å². The Labute approximate surface area is 254 Å². The molecule has 1 aliphatic rings. The predicted molar refractivity (Wildman–Crippen MR) is 171 cm³/mol. The number of rotatable bonds is 8. The Bertz CT molecular complexity index is 1460. The van der Waals surface area contributed by atoms with Crippen LogP contribution in [0.1, 0.15) is 65.0 Å². The van der Waals surface area contributed by atoms with E-state index in [0.717, 1.165) is 42.1 Å². The van der Waals surface area contributed by atoms with Gasteiger partial charge in [-0.3, -0.25) is 0 Å². The van der Waals surface area contributed by atoms with Crippen molar-refractivity contribution in [2.24, 2.45) is 0 Å². The van der Waals surface area contributed by atoms with Gasteiger partial charge in [0.2, 0.25) is 8.32 Å². The fourth-order valence-corrected chi connectivity index (χ4v) is 13.4. The van der Waals surface area contributed by atoms with Crippen molar-refractivity contribution in [2.75, 3.05) is 6.61 Å². The smallest absolute Gasteiger partial charge is 0.201 e. The van der Waals surface area contributed by atoms with Gasteiger partial charge in [-0.15, -0.1) is 0 Å². The number of halogens is 2. The molecule has 0 saturated carbocycles. The molecule has 0 aliphatic carbocycles. The zero-order valence-corrected chi connectivity index (χ0v) is 28.1. The van der Waals surface area contributed by atoms with Crippen molar-refractivity contribution in [2.45, 2.75) is 88.5 Å². The van der Waals surface area contributed by atoms with Crippen LogP contribution in [0, 0.1) is 0 Å². The minimum Gasteiger partial charge on any atom is -0.407 e. The first-order valence-corrected chi connectivity index (χ1v) is 17.9. The highest BCUT2D eigenvalue weighted by Crippen LogP contribution is 2.49. The molecule has 1 aliphatic heterocycles. The first kappa shape index (κ1) is 30.0. The van der Waals surface area contributed by atoms with Gasteiger partial charge in [0, 0.05) is 42.1 Å². The molecule has 4 aromatic rings. The number of nitrogens with one attached hydrogen (secondary N) is 2. The van der Waals surface area contributed by atoms with E-state index in [-0.39, 0.29) is 6.61 Å². The van der Waals surface area contributed by atoms with Gasteiger partial charge in [-0.1, -0.05) is 73.4 Å². The van der Waals surface area contributed by atoms with Crippen LogP contribution >= 0.6 is 31.9 Å². The molecule has 2 aromatic carbocycles. The molecule has 9 heteroatoms. The fourth-order valence-electron chi connectivity index (χ4n) is 7.11. The van der Waals surface area contributed by atoms with Crippen molar-refractivity contribution in [1.29, 1.82) is 0 Å². The number of aromatic amines is 2. The molecule has 0 bridgehead atoms. The molecule has 5 atom stereocenters. The van der Waals surface area contributed by atoms with E-state index in [4.69, 9.17) is 9.16 Å². The van der Waals surface area contributed by atoms with Crippen molar-refractivity contribution < 1.29 is 19.4 Å². The number of aliphatic hydroxyl groups is 2. The van der Waals surface area contributed by atoms with E-state index in [1.54, 1.807) is 0 Å². The summed E-state index contributed by atoms with van der Waals surface area (Å²) in [6, 6.07) is 16.3. The zero-order chi connectivity index (χ0) is 28.9. The fraction of sp³-hybridized carbons (Fsp3) is 0.484. The van der Waals surface area contributed by atoms with E-state index in [0.29, 0.717) is 16.6 Å². The van der Waals surface area contributed by atoms with Gasteiger partial charge in [0.25, 0.3) is 0 Å². The Morgan fingerprint density at radius 3 is 1.82 bits per heavy atom. The van der Waals surface area contributed by atoms with Crippen molar-refractivity contribution in [1.82, 2.24) is 9.97 Å². The van der Waals surface area contributed by atoms with E-state index >= 15 is 0 Å². The molecule has 0 amide bonds. The summed E-state index contributed by atoms with van der Waals surface area (Å²) in [4.78, 5) is 7.02. The Hall–Kier alpha value is -1.46. The topological polar surface area (TPSA) is 90.5 Å². The van der Waals surface area contributed by atoms with Crippen molar-refractivity contribution in [3.8, 4) is 0 Å². The molecule has 0 spiro atoms. The summed E-state index contributed by atoms with van der Waals surface area (Å²) in [5, 5.41) is 24.9. The average Bonchev–Trinajstić information content (AvgIpc) is 3.49. The van der Waals surface area contributed by atoms with Crippen LogP contribution in [0.2, 0.25) is 16.6 Å². The number of fused-ring (bicyclic) bond motifs is 2. The lowest BCUT2D eigenvalue weighted by Gasteiger charge is -2.51. The monoisotopic (exact) mass is 690 g/mol. The summed E-state index contributed by atoms with van der Waals surface area (Å²) in [7, 11) is -2.42. The van der Waals surface area contributed by atoms with Crippen molar-refractivity contribution in [3.05, 3.63) is 68.9 Å². The maximum absolute atomic E-state index is 12.3. The number of aromatic nitrogens is 2. The SMILES string of the molecule is CC(C)[Si](O[C@@H]1[C@@H](O)[C@H](c2cc3cc(Br)ccc3[nH]2)[C@@H](CO)O[C@H]1c1cc2cc(Br)ccc2[nH]1)(C(C)C)C(C)C. The number of hydrogen-bond donors (Lipinski definition) is 4. The van der Waals surface area contributed by atoms with Gasteiger partial charge in [-0.2, -0.15) is 0 Å². The second-order valence-corrected chi connectivity index (χ2v) is 19.3. The zero-order valence-electron chi connectivity index (χ0n) is 23.9. The number of benzene rings is 2. The molecule has 4 N–H and O–H groups in total. The first-order valence-electron chi connectivity index (χ1n) is 14.1. The summed E-state index contributed by atoms with van der Waals surface area (Å²) in [5.41, 5.74) is 4.62. The van der Waals surface area contributed by atoms with Gasteiger partial charge in [-0.25, -0.2) is 0 Å². The highest BCUT2D eigenvalue weighted by atomic mass is 79.9. The van der Waals surface area contributed by atoms with Crippen LogP contribution in [0.5, 0.6) is 0 Å². The van der Waals surface area contributed by atoms with Crippen LogP contribution < -0.4 is 0 Å². The summed E-state index contributed by atoms with van der Waals surface area (Å²) >= 11 is 7.14. The third kappa shape index (κ3) is 5.27. The highest BCUT2D eigenvalue weighted by molar-refractivity contribution is 9.10. The van der Waals surface area contributed by atoms with Crippen molar-refractivity contribution >= 4 is 62.0 Å². The van der Waals surface area contributed by atoms with Gasteiger partial charge in [0.15, 0.2) is 0 Å². The molecule has 3 heterocycles. The van der Waals surface area contributed by atoms with Crippen LogP contribution in [-0.2, 0) is 9.16 Å². The maximum atomic E-state index is 12.3. The minimum absolute atomic E-state index is 0.225. The molecule has 0 radical (unpaired) electrons. The molecular formula is C31H40Br2N2O4Si. The number of aliphatic hydroxyl groups excluding tert-OH is 2. The molecular weight excluding hydrogens is 652 g/mol. The Morgan fingerprint density at radius 1 is 0.825 bits per heavy atom. The highest BCUT2D eigenvalue weighted by Gasteiger charge is 2.54. The van der Waals surface area contributed by atoms with Crippen LogP contribution in [0.25, 0.3) is 21.8 Å². The van der Waals surface area contributed by atoms with Crippen LogP contribution in [0.15, 0.2) is 57.5 Å². The summed E-state index contributed by atoms with van der Waals surface area (Å²) in [5.74, 6) is -0.492. The lowest BCUT2D eigenvalue weighted by atomic mass is 9.83. The molecule has 6 nitrogen and oxygen atoms in total. The van der Waals surface area contributed by atoms with Gasteiger partial charge in [0.1, 0.15) is 12.2 Å². The lowest BCUT2D eigenvalue weighted by Crippen LogP contribution is -2.58. The van der Waals surface area contributed by atoms with Gasteiger partial charge in [0.05, 0.1) is 24.7 Å². The van der Waals surface area contributed by atoms with Crippen LogP contribution in [0.3, 0.4) is 0 Å². The number of H-pyrrole nitrogens is 2. The molecule has 2 aromatic heterocycles. The standard InChI is InChI=1S/C31H40Br2N2O4Si/c1-16(2)40(17(3)4,18(5)6)39-31-29(37)28(25-13-19-11-21(32)7-9-23(19)34-25)27(15-36)38-30(31)26-14-20-12-22(33)8-10-24(20)35-26/h7-14,16-18,27-31,34-37H,15H2,1-6H3/t27-,28-,29+,30+,31-/m1/s1. The van der Waals surface area contributed by atoms with Gasteiger partial charge in [-0.05, 0) is 65.2 Å². The van der Waals surface area contributed by atoms with E-state index in [1.165, 1.54) is 0 Å². The average molecular weight is 693 g/mol. The predicted octanol–water partition coefficient (Wildman–Crippen LogP) is 8.31. The number of ether oxygens (including phenoxy) is 1. The summed E-state index contributed by atoms with van der Waals surface area (Å²) in [6.45, 7) is 13.3. The molecule has 40 heavy (non-hydrogen) atoms. The van der Waals surface area contributed by atoms with E-state index in [2.05, 4.69) is 102 Å². The normalized spacial score (nSPS) is 24.3. The first-order chi connectivity index (χ1) is 19.0. The Morgan fingerprint density at radius 2 is 1.32 bits per heavy atom. The molecule has 0 unspecified atom stereocenters. The van der Waals surface area contributed by atoms with E-state index < -0.39 is 38.7 Å². The quantitative estimate of drug-likeness (QED) is 0.140. The molecule has 1 saturated heterocycles. The Balaban J connectivity index is 1.64. The molecule has 1 fully saturated rings. The van der Waals surface area contributed by atoms with Crippen LogP contribution in [0.4, 0.5) is 0 Å². The molecule has 216 valence electrons. The number of hydrogen-bond acceptors (Lipinski definition) is 4. The third-order valence-electron chi connectivity index (χ3n) is 8.83.